The van der Waals surface area contributed by atoms with Crippen molar-refractivity contribution >= 4 is 11.6 Å². The predicted molar refractivity (Wildman–Crippen MR) is 148 cm³/mol. The van der Waals surface area contributed by atoms with Crippen LogP contribution in [0.2, 0.25) is 0 Å². The molecule has 0 bridgehead atoms. The molecule has 0 spiro atoms. The van der Waals surface area contributed by atoms with Crippen molar-refractivity contribution < 1.29 is 35.9 Å². The molecule has 2 aliphatic carbocycles. The number of hydrogen-bond acceptors (Lipinski definition) is 3. The molecule has 2 aliphatic rings. The molecule has 0 saturated heterocycles. The first-order valence-corrected chi connectivity index (χ1v) is 15.4. The van der Waals surface area contributed by atoms with Crippen molar-refractivity contribution in [3.05, 3.63) is 34.9 Å². The highest BCUT2D eigenvalue weighted by molar-refractivity contribution is 5.96. The van der Waals surface area contributed by atoms with Gasteiger partial charge in [-0.25, -0.2) is 0 Å². The van der Waals surface area contributed by atoms with Gasteiger partial charge in [0, 0.05) is 17.9 Å². The number of nitrogens with one attached hydrogen (secondary N) is 1. The van der Waals surface area contributed by atoms with E-state index in [2.05, 4.69) is 12.2 Å². The Morgan fingerprint density at radius 1 is 0.732 bits per heavy atom. The fraction of sp³-hybridized carbons (Fsp3) is 0.750. The van der Waals surface area contributed by atoms with Gasteiger partial charge in [-0.15, -0.1) is 0 Å². The molecule has 0 aromatic heterocycles. The van der Waals surface area contributed by atoms with Crippen LogP contribution in [0.3, 0.4) is 0 Å². The van der Waals surface area contributed by atoms with Gasteiger partial charge < -0.3 is 5.32 Å². The minimum absolute atomic E-state index is 0.0469. The number of benzene rings is 1. The lowest BCUT2D eigenvalue weighted by atomic mass is 9.78. The Kier molecular flexibility index (Phi) is 12.7. The smallest absolute Gasteiger partial charge is 0.310 e. The van der Waals surface area contributed by atoms with Gasteiger partial charge in [-0.1, -0.05) is 71.1 Å². The summed E-state index contributed by atoms with van der Waals surface area (Å²) >= 11 is 0. The largest absolute Gasteiger partial charge is 0.416 e. The number of rotatable bonds is 14. The number of carbonyl (C=O) groups excluding carboxylic acids is 2. The molecule has 2 fully saturated rings. The van der Waals surface area contributed by atoms with Crippen molar-refractivity contribution in [2.75, 3.05) is 13.1 Å². The van der Waals surface area contributed by atoms with Crippen molar-refractivity contribution in [1.29, 1.82) is 0 Å². The zero-order chi connectivity index (χ0) is 30.0. The molecule has 9 heteroatoms. The van der Waals surface area contributed by atoms with Gasteiger partial charge in [0.15, 0.2) is 5.78 Å². The minimum atomic E-state index is -4.96. The lowest BCUT2D eigenvalue weighted by molar-refractivity contribution is -0.143. The summed E-state index contributed by atoms with van der Waals surface area (Å²) in [6.45, 7) is 3.63. The summed E-state index contributed by atoms with van der Waals surface area (Å²) in [5, 5.41) is 3.33. The lowest BCUT2D eigenvalue weighted by Crippen LogP contribution is -2.31. The van der Waals surface area contributed by atoms with Gasteiger partial charge >= 0.3 is 12.4 Å². The normalized spacial score (nSPS) is 23.9. The van der Waals surface area contributed by atoms with Gasteiger partial charge in [-0.05, 0) is 68.2 Å². The predicted octanol–water partition coefficient (Wildman–Crippen LogP) is 9.43. The summed E-state index contributed by atoms with van der Waals surface area (Å²) in [5.41, 5.74) is -3.44. The van der Waals surface area contributed by atoms with Crippen molar-refractivity contribution in [3.63, 3.8) is 0 Å². The Morgan fingerprint density at radius 3 is 1.76 bits per heavy atom. The van der Waals surface area contributed by atoms with Crippen LogP contribution in [0.4, 0.5) is 26.3 Å². The number of halogens is 6. The molecule has 0 heterocycles. The quantitative estimate of drug-likeness (QED) is 0.134. The highest BCUT2D eigenvalue weighted by Gasteiger charge is 2.37. The van der Waals surface area contributed by atoms with Crippen molar-refractivity contribution in [2.24, 2.45) is 23.7 Å². The third-order valence-electron chi connectivity index (χ3n) is 9.13. The fourth-order valence-corrected chi connectivity index (χ4v) is 6.41. The van der Waals surface area contributed by atoms with Crippen LogP contribution in [-0.4, -0.2) is 24.7 Å². The Hall–Kier alpha value is -1.90. The summed E-state index contributed by atoms with van der Waals surface area (Å²) in [6.07, 6.45) is 4.50. The van der Waals surface area contributed by atoms with E-state index in [0.29, 0.717) is 42.7 Å². The van der Waals surface area contributed by atoms with E-state index in [-0.39, 0.29) is 18.4 Å². The Labute approximate surface area is 240 Å². The molecular weight excluding hydrogens is 544 g/mol. The molecule has 3 nitrogen and oxygen atoms in total. The van der Waals surface area contributed by atoms with Crippen LogP contribution in [0.15, 0.2) is 18.2 Å². The zero-order valence-corrected chi connectivity index (χ0v) is 24.1. The van der Waals surface area contributed by atoms with Crippen molar-refractivity contribution in [2.45, 2.75) is 116 Å². The first-order chi connectivity index (χ1) is 19.3. The first kappa shape index (κ1) is 33.6. The van der Waals surface area contributed by atoms with Crippen LogP contribution in [-0.2, 0) is 17.1 Å². The molecule has 0 amide bonds. The Bertz CT molecular complexity index is 941. The number of Topliss-reactive ketones (excluding diaryl/α,β-unsaturated/α-hetero) is 2. The summed E-state index contributed by atoms with van der Waals surface area (Å²) in [6, 6.07) is 1.09. The third-order valence-corrected chi connectivity index (χ3v) is 9.13. The van der Waals surface area contributed by atoms with E-state index in [4.69, 9.17) is 0 Å². The SMILES string of the molecule is CC1CCC(C(=O)CNCCCCC2CCC(CCCCC(=O)c3cc(C(F)(F)F)cc(C(F)(F)F)c3)CC2)CC1. The van der Waals surface area contributed by atoms with Gasteiger partial charge in [0.05, 0.1) is 17.7 Å². The van der Waals surface area contributed by atoms with E-state index >= 15 is 0 Å². The second kappa shape index (κ2) is 15.5. The highest BCUT2D eigenvalue weighted by atomic mass is 19.4. The standard InChI is InChI=1S/C32H45F6NO2/c1-22-9-15-25(16-10-22)30(41)21-39-17-5-4-7-24-13-11-23(12-14-24)6-2-3-8-29(40)26-18-27(31(33,34)35)20-28(19-26)32(36,37)38/h18-20,22-25,39H,2-17,21H2,1H3. The lowest BCUT2D eigenvalue weighted by Gasteiger charge is -2.28. The molecule has 41 heavy (non-hydrogen) atoms. The second-order valence-corrected chi connectivity index (χ2v) is 12.4. The minimum Gasteiger partial charge on any atom is -0.310 e. The summed E-state index contributed by atoms with van der Waals surface area (Å²) in [5.74, 6) is 1.94. The molecule has 0 unspecified atom stereocenters. The molecule has 0 radical (unpaired) electrons. The van der Waals surface area contributed by atoms with E-state index in [9.17, 15) is 35.9 Å². The topological polar surface area (TPSA) is 46.2 Å². The maximum atomic E-state index is 13.1. The van der Waals surface area contributed by atoms with E-state index in [0.717, 1.165) is 76.7 Å². The van der Waals surface area contributed by atoms with E-state index in [1.54, 1.807) is 0 Å². The summed E-state index contributed by atoms with van der Waals surface area (Å²) < 4.78 is 78.4. The molecule has 1 aromatic rings. The monoisotopic (exact) mass is 589 g/mol. The number of alkyl halides is 6. The number of hydrogen-bond donors (Lipinski definition) is 1. The summed E-state index contributed by atoms with van der Waals surface area (Å²) in [7, 11) is 0. The van der Waals surface area contributed by atoms with Crippen LogP contribution in [0.5, 0.6) is 0 Å². The fourth-order valence-electron chi connectivity index (χ4n) is 6.41. The molecule has 232 valence electrons. The van der Waals surface area contributed by atoms with Crippen LogP contribution >= 0.6 is 0 Å². The molecule has 1 aromatic carbocycles. The van der Waals surface area contributed by atoms with Crippen LogP contribution in [0, 0.1) is 23.7 Å². The Balaban J connectivity index is 1.26. The van der Waals surface area contributed by atoms with Gasteiger partial charge in [0.1, 0.15) is 5.78 Å². The molecule has 0 atom stereocenters. The highest BCUT2D eigenvalue weighted by Crippen LogP contribution is 2.37. The maximum Gasteiger partial charge on any atom is 0.416 e. The first-order valence-electron chi connectivity index (χ1n) is 15.4. The summed E-state index contributed by atoms with van der Waals surface area (Å²) in [4.78, 5) is 24.8. The van der Waals surface area contributed by atoms with E-state index < -0.39 is 34.8 Å². The average molecular weight is 590 g/mol. The van der Waals surface area contributed by atoms with Gasteiger partial charge in [-0.3, -0.25) is 9.59 Å². The molecule has 1 N–H and O–H groups in total. The second-order valence-electron chi connectivity index (χ2n) is 12.4. The maximum absolute atomic E-state index is 13.1. The molecule has 0 aliphatic heterocycles. The number of carbonyl (C=O) groups is 2. The van der Waals surface area contributed by atoms with Gasteiger partial charge in [0.25, 0.3) is 0 Å². The van der Waals surface area contributed by atoms with E-state index in [1.807, 2.05) is 0 Å². The molecular formula is C32H45F6NO2. The zero-order valence-electron chi connectivity index (χ0n) is 24.1. The molecule has 2 saturated carbocycles. The van der Waals surface area contributed by atoms with Gasteiger partial charge in [-0.2, -0.15) is 26.3 Å². The Morgan fingerprint density at radius 2 is 1.24 bits per heavy atom. The van der Waals surface area contributed by atoms with Crippen LogP contribution in [0.1, 0.15) is 125 Å². The molecule has 3 rings (SSSR count). The van der Waals surface area contributed by atoms with Gasteiger partial charge in [0.2, 0.25) is 0 Å². The number of unbranched alkanes of at least 4 members (excludes halogenated alkanes) is 2. The van der Waals surface area contributed by atoms with E-state index in [1.165, 1.54) is 19.3 Å². The third kappa shape index (κ3) is 11.4. The van der Waals surface area contributed by atoms with Crippen molar-refractivity contribution in [1.82, 2.24) is 5.32 Å². The van der Waals surface area contributed by atoms with Crippen LogP contribution < -0.4 is 5.32 Å². The van der Waals surface area contributed by atoms with Crippen molar-refractivity contribution in [3.8, 4) is 0 Å². The number of ketones is 2. The van der Waals surface area contributed by atoms with Crippen LogP contribution in [0.25, 0.3) is 0 Å². The average Bonchev–Trinajstić information content (AvgIpc) is 2.92.